The smallest absolute Gasteiger partial charge is 0.341 e. The number of carbonyl (C=O) groups is 3. The van der Waals surface area contributed by atoms with E-state index >= 15 is 0 Å². The number of aromatic nitrogens is 2. The molecule has 1 aliphatic heterocycles. The standard InChI is InChI=1S/C22H23F3N4O3/c1-27(12-14-11-26-28(2)13-14)18(30)9-21(10-19(31)29(20(21)32)17-6-7-17)15-4-3-5-16(8-15)22(23,24)25/h3-5,8,11,13,17H,6-7,9-10,12H2,1-2H3/t21-/m1/s1. The second-order valence-electron chi connectivity index (χ2n) is 8.59. The molecule has 2 heterocycles. The zero-order valence-electron chi connectivity index (χ0n) is 17.7. The van der Waals surface area contributed by atoms with E-state index < -0.39 is 41.3 Å². The third-order valence-electron chi connectivity index (χ3n) is 6.06. The zero-order valence-corrected chi connectivity index (χ0v) is 17.7. The fourth-order valence-electron chi connectivity index (χ4n) is 4.23. The van der Waals surface area contributed by atoms with Crippen molar-refractivity contribution in [2.24, 2.45) is 7.05 Å². The van der Waals surface area contributed by atoms with Gasteiger partial charge in [0.2, 0.25) is 17.7 Å². The average molecular weight is 448 g/mol. The quantitative estimate of drug-likeness (QED) is 0.637. The number of amides is 3. The summed E-state index contributed by atoms with van der Waals surface area (Å²) in [4.78, 5) is 41.8. The van der Waals surface area contributed by atoms with Crippen LogP contribution >= 0.6 is 0 Å². The van der Waals surface area contributed by atoms with Crippen molar-refractivity contribution in [1.29, 1.82) is 0 Å². The number of benzene rings is 1. The molecular weight excluding hydrogens is 425 g/mol. The highest BCUT2D eigenvalue weighted by Gasteiger charge is 2.57. The number of halogens is 3. The Hall–Kier alpha value is -3.17. The molecule has 0 radical (unpaired) electrons. The van der Waals surface area contributed by atoms with Crippen LogP contribution in [-0.4, -0.2) is 50.4 Å². The van der Waals surface area contributed by atoms with Crippen LogP contribution in [0.2, 0.25) is 0 Å². The zero-order chi connectivity index (χ0) is 23.3. The molecule has 0 spiro atoms. The molecular formula is C22H23F3N4O3. The largest absolute Gasteiger partial charge is 0.416 e. The van der Waals surface area contributed by atoms with E-state index in [-0.39, 0.29) is 24.6 Å². The van der Waals surface area contributed by atoms with Gasteiger partial charge in [0.25, 0.3) is 0 Å². The lowest BCUT2D eigenvalue weighted by molar-refractivity contribution is -0.143. The minimum absolute atomic E-state index is 0.0388. The molecule has 1 aliphatic carbocycles. The molecule has 32 heavy (non-hydrogen) atoms. The number of rotatable bonds is 6. The number of aryl methyl sites for hydroxylation is 1. The van der Waals surface area contributed by atoms with Crippen LogP contribution in [0.3, 0.4) is 0 Å². The molecule has 1 atom stereocenters. The van der Waals surface area contributed by atoms with E-state index in [4.69, 9.17) is 0 Å². The van der Waals surface area contributed by atoms with Crippen molar-refractivity contribution in [2.45, 2.75) is 49.9 Å². The highest BCUT2D eigenvalue weighted by atomic mass is 19.4. The lowest BCUT2D eigenvalue weighted by Gasteiger charge is -2.29. The number of likely N-dealkylation sites (tertiary alicyclic amines) is 1. The van der Waals surface area contributed by atoms with Gasteiger partial charge in [-0.05, 0) is 24.5 Å². The van der Waals surface area contributed by atoms with Gasteiger partial charge in [-0.25, -0.2) is 0 Å². The van der Waals surface area contributed by atoms with Gasteiger partial charge in [0.15, 0.2) is 0 Å². The Morgan fingerprint density at radius 1 is 1.28 bits per heavy atom. The third-order valence-corrected chi connectivity index (χ3v) is 6.06. The molecule has 3 amide bonds. The van der Waals surface area contributed by atoms with Gasteiger partial charge in [0, 0.05) is 51.3 Å². The molecule has 1 saturated carbocycles. The Kier molecular flexibility index (Phi) is 5.34. The lowest BCUT2D eigenvalue weighted by Crippen LogP contribution is -2.43. The van der Waals surface area contributed by atoms with Crippen LogP contribution in [-0.2, 0) is 39.6 Å². The number of hydrogen-bond donors (Lipinski definition) is 0. The summed E-state index contributed by atoms with van der Waals surface area (Å²) in [6.45, 7) is 0.222. The molecule has 2 fully saturated rings. The van der Waals surface area contributed by atoms with Crippen LogP contribution in [0.25, 0.3) is 0 Å². The number of alkyl halides is 3. The van der Waals surface area contributed by atoms with Crippen LogP contribution in [0.4, 0.5) is 13.2 Å². The fraction of sp³-hybridized carbons (Fsp3) is 0.455. The predicted molar refractivity (Wildman–Crippen MR) is 107 cm³/mol. The Morgan fingerprint density at radius 2 is 2.00 bits per heavy atom. The maximum absolute atomic E-state index is 13.4. The highest BCUT2D eigenvalue weighted by molar-refractivity contribution is 6.11. The summed E-state index contributed by atoms with van der Waals surface area (Å²) in [6, 6.07) is 4.17. The first kappa shape index (κ1) is 22.0. The van der Waals surface area contributed by atoms with Crippen LogP contribution in [0.1, 0.15) is 42.4 Å². The first-order valence-corrected chi connectivity index (χ1v) is 10.3. The highest BCUT2D eigenvalue weighted by Crippen LogP contribution is 2.45. The average Bonchev–Trinajstić information content (AvgIpc) is 3.41. The van der Waals surface area contributed by atoms with Crippen molar-refractivity contribution in [2.75, 3.05) is 7.05 Å². The van der Waals surface area contributed by atoms with E-state index in [0.717, 1.165) is 22.6 Å². The summed E-state index contributed by atoms with van der Waals surface area (Å²) in [5, 5.41) is 4.05. The van der Waals surface area contributed by atoms with Crippen molar-refractivity contribution < 1.29 is 27.6 Å². The van der Waals surface area contributed by atoms with Gasteiger partial charge in [0.05, 0.1) is 17.2 Å². The Balaban J connectivity index is 1.68. The van der Waals surface area contributed by atoms with Gasteiger partial charge in [-0.2, -0.15) is 18.3 Å². The monoisotopic (exact) mass is 448 g/mol. The van der Waals surface area contributed by atoms with Gasteiger partial charge in [0.1, 0.15) is 0 Å². The number of imide groups is 1. The molecule has 2 aliphatic rings. The number of hydrogen-bond acceptors (Lipinski definition) is 4. The van der Waals surface area contributed by atoms with Crippen LogP contribution in [0.5, 0.6) is 0 Å². The van der Waals surface area contributed by atoms with Gasteiger partial charge in [-0.3, -0.25) is 24.0 Å². The SMILES string of the molecule is CN(Cc1cnn(C)c1)C(=O)C[C@]1(c2cccc(C(F)(F)F)c2)CC(=O)N(C2CC2)C1=O. The van der Waals surface area contributed by atoms with Crippen molar-refractivity contribution >= 4 is 17.7 Å². The van der Waals surface area contributed by atoms with Crippen molar-refractivity contribution in [3.8, 4) is 0 Å². The van der Waals surface area contributed by atoms with Gasteiger partial charge in [-0.1, -0.05) is 18.2 Å². The van der Waals surface area contributed by atoms with Gasteiger partial charge < -0.3 is 4.90 Å². The summed E-state index contributed by atoms with van der Waals surface area (Å²) in [5.74, 6) is -1.48. The summed E-state index contributed by atoms with van der Waals surface area (Å²) in [6.07, 6.45) is -0.637. The van der Waals surface area contributed by atoms with Crippen molar-refractivity contribution in [3.63, 3.8) is 0 Å². The molecule has 7 nitrogen and oxygen atoms in total. The van der Waals surface area contributed by atoms with Gasteiger partial charge >= 0.3 is 6.18 Å². The maximum atomic E-state index is 13.4. The molecule has 1 aromatic carbocycles. The van der Waals surface area contributed by atoms with Gasteiger partial charge in [-0.15, -0.1) is 0 Å². The molecule has 0 N–H and O–H groups in total. The molecule has 1 aromatic heterocycles. The van der Waals surface area contributed by atoms with Crippen molar-refractivity contribution in [3.05, 3.63) is 53.3 Å². The summed E-state index contributed by atoms with van der Waals surface area (Å²) in [7, 11) is 3.29. The van der Waals surface area contributed by atoms with E-state index in [9.17, 15) is 27.6 Å². The van der Waals surface area contributed by atoms with E-state index in [0.29, 0.717) is 12.8 Å². The van der Waals surface area contributed by atoms with Crippen LogP contribution in [0, 0.1) is 0 Å². The molecule has 4 rings (SSSR count). The normalized spacial score (nSPS) is 21.3. The van der Waals surface area contributed by atoms with Crippen LogP contribution < -0.4 is 0 Å². The molecule has 2 aromatic rings. The summed E-state index contributed by atoms with van der Waals surface area (Å²) in [5.41, 5.74) is -1.76. The maximum Gasteiger partial charge on any atom is 0.416 e. The van der Waals surface area contributed by atoms with E-state index in [2.05, 4.69) is 5.10 Å². The first-order chi connectivity index (χ1) is 15.0. The van der Waals surface area contributed by atoms with E-state index in [1.54, 1.807) is 31.2 Å². The number of nitrogens with zero attached hydrogens (tertiary/aromatic N) is 4. The summed E-state index contributed by atoms with van der Waals surface area (Å²) >= 11 is 0. The lowest BCUT2D eigenvalue weighted by atomic mass is 9.75. The van der Waals surface area contributed by atoms with E-state index in [1.165, 1.54) is 17.0 Å². The minimum Gasteiger partial charge on any atom is -0.341 e. The fourth-order valence-corrected chi connectivity index (χ4v) is 4.23. The summed E-state index contributed by atoms with van der Waals surface area (Å²) < 4.78 is 41.7. The molecule has 0 bridgehead atoms. The topological polar surface area (TPSA) is 75.5 Å². The molecule has 10 heteroatoms. The van der Waals surface area contributed by atoms with Crippen LogP contribution in [0.15, 0.2) is 36.7 Å². The predicted octanol–water partition coefficient (Wildman–Crippen LogP) is 2.65. The molecule has 0 unspecified atom stereocenters. The van der Waals surface area contributed by atoms with Crippen molar-refractivity contribution in [1.82, 2.24) is 19.6 Å². The Morgan fingerprint density at radius 3 is 2.59 bits per heavy atom. The second kappa shape index (κ2) is 7.75. The second-order valence-corrected chi connectivity index (χ2v) is 8.59. The van der Waals surface area contributed by atoms with E-state index in [1.807, 2.05) is 0 Å². The first-order valence-electron chi connectivity index (χ1n) is 10.3. The molecule has 1 saturated heterocycles. The molecule has 170 valence electrons. The third kappa shape index (κ3) is 4.01. The Labute approximate surface area is 182 Å². The minimum atomic E-state index is -4.61. The Bertz CT molecular complexity index is 1080. The number of carbonyl (C=O) groups excluding carboxylic acids is 3.